The number of aryl methyl sites for hydroxylation is 4. The van der Waals surface area contributed by atoms with Gasteiger partial charge in [0.05, 0.1) is 60.0 Å². The Morgan fingerprint density at radius 3 is 1.52 bits per heavy atom. The Morgan fingerprint density at radius 2 is 1.11 bits per heavy atom. The van der Waals surface area contributed by atoms with Crippen molar-refractivity contribution in [3.63, 3.8) is 0 Å². The topological polar surface area (TPSA) is 284 Å². The third kappa shape index (κ3) is 17.3. The summed E-state index contributed by atoms with van der Waals surface area (Å²) < 4.78 is 54.7. The van der Waals surface area contributed by atoms with Crippen molar-refractivity contribution in [1.29, 1.82) is 0 Å². The molecule has 1 spiro atoms. The number of aromatic nitrogens is 11. The number of hydrogen-bond donors (Lipinski definition) is 2. The number of imidazole rings is 3. The van der Waals surface area contributed by atoms with E-state index >= 15 is 0 Å². The second-order valence-electron chi connectivity index (χ2n) is 19.6. The van der Waals surface area contributed by atoms with E-state index in [1.165, 1.54) is 54.6 Å². The van der Waals surface area contributed by atoms with Crippen LogP contribution < -0.4 is 20.3 Å². The molecule has 0 aliphatic carbocycles. The summed E-state index contributed by atoms with van der Waals surface area (Å²) in [5, 5.41) is 10.3. The van der Waals surface area contributed by atoms with Crippen LogP contribution in [0.1, 0.15) is 94.6 Å². The lowest BCUT2D eigenvalue weighted by atomic mass is 9.72. The van der Waals surface area contributed by atoms with Gasteiger partial charge in [0, 0.05) is 74.4 Å². The third-order valence-electron chi connectivity index (χ3n) is 13.6. The van der Waals surface area contributed by atoms with Gasteiger partial charge in [-0.1, -0.05) is 102 Å². The summed E-state index contributed by atoms with van der Waals surface area (Å²) in [4.78, 5) is 92.9. The molecule has 0 bridgehead atoms. The zero-order chi connectivity index (χ0) is 64.9. The van der Waals surface area contributed by atoms with Crippen molar-refractivity contribution in [2.24, 2.45) is 5.41 Å². The molecule has 11 rings (SSSR count). The summed E-state index contributed by atoms with van der Waals surface area (Å²) in [7, 11) is 1.34. The number of carbonyl (C=O) groups excluding carboxylic acids is 5. The quantitative estimate of drug-likeness (QED) is 0.0317. The first-order chi connectivity index (χ1) is 42.3. The Kier molecular flexibility index (Phi) is 23.1. The van der Waals surface area contributed by atoms with Crippen LogP contribution in [-0.2, 0) is 44.4 Å². The van der Waals surface area contributed by atoms with Crippen LogP contribution in [0.15, 0.2) is 98.1 Å². The smallest absolute Gasteiger partial charge is 0.477 e. The minimum absolute atomic E-state index is 0.0254. The van der Waals surface area contributed by atoms with Crippen LogP contribution in [0.4, 0.5) is 30.4 Å². The fourth-order valence-corrected chi connectivity index (χ4v) is 10.4. The van der Waals surface area contributed by atoms with Gasteiger partial charge in [0.1, 0.15) is 37.9 Å². The number of ketones is 2. The van der Waals surface area contributed by atoms with Crippen molar-refractivity contribution in [1.82, 2.24) is 53.1 Å². The van der Waals surface area contributed by atoms with Gasteiger partial charge in [-0.15, -0.1) is 13.2 Å². The van der Waals surface area contributed by atoms with Crippen LogP contribution in [0.2, 0.25) is 20.6 Å². The molecule has 2 fully saturated rings. The number of halogens is 8. The van der Waals surface area contributed by atoms with Crippen molar-refractivity contribution in [2.75, 3.05) is 48.8 Å². The molecular formula is C58H57BrCl4F3N14O9+. The lowest BCUT2D eigenvalue weighted by Crippen LogP contribution is -2.72. The van der Waals surface area contributed by atoms with E-state index in [0.29, 0.717) is 99.5 Å². The predicted molar refractivity (Wildman–Crippen MR) is 331 cm³/mol. The highest BCUT2D eigenvalue weighted by molar-refractivity contribution is 9.10. The van der Waals surface area contributed by atoms with E-state index in [1.807, 2.05) is 20.8 Å². The maximum Gasteiger partial charge on any atom is 0.600 e. The number of nitrogens with two attached hydrogens (primary N) is 1. The summed E-state index contributed by atoms with van der Waals surface area (Å²) in [5.41, 5.74) is 13.3. The Bertz CT molecular complexity index is 3990. The summed E-state index contributed by atoms with van der Waals surface area (Å²) in [6.45, 7) is 13.9. The van der Waals surface area contributed by atoms with Gasteiger partial charge in [-0.3, -0.25) is 27.2 Å². The lowest BCUT2D eigenvalue weighted by Gasteiger charge is -2.61. The first-order valence-electron chi connectivity index (χ1n) is 27.1. The number of nitrogens with zero attached hydrogens (tertiary/aromatic N) is 13. The SMILES string of the molecule is C=[O+]C(=O)C(Br)C(=O)CC.CCc1nc2cnc(Cl)cn2c1C(=O)CCc1ccc(N2CC3(C2)CN(c2ccc(OC(F)(F)F)cc2)C3)cc1.CCc1nc2cnc(Cl)cn2c1C(=O)O.CCc1nc2cnc(Cl)cn2c1C(=O)OC.Nc1cnc(Cl)cn1. The molecule has 2 aliphatic heterocycles. The van der Waals surface area contributed by atoms with E-state index in [4.69, 9.17) is 62.0 Å². The van der Waals surface area contributed by atoms with Gasteiger partial charge in [0.2, 0.25) is 4.83 Å². The standard InChI is InChI=1S/C29H27ClF3N5O2.C10H10ClN3O2.C9H8ClN3O2.C6H8BrO3.C4H4ClN3/c1-2-23-27(38-14-25(30)34-13-26(38)35-23)24(39)12-5-19-3-6-20(7-4-19)36-15-28(16-36)17-37(18-28)21-8-10-22(11-9-21)40-29(31,32)33;1-3-6-9(10(15)16-2)14-5-7(11)12-4-8(14)13-6;1-2-5-8(9(14)15)13-4-6(10)11-3-7(13)12-5;1-3-4(8)5(7)6(9)10-2;5-3-1-8-4(6)2-7-3/h3-4,6-11,13-14H,2,5,12,15-18H2,1H3;4-5H,3H2,1-2H3;3-4H,2H2,1H3,(H,14,15);5H,2-3H2,1H3;1-2H,(H2,6,8)/q;;;+1;. The lowest BCUT2D eigenvalue weighted by molar-refractivity contribution is -0.366. The average Bonchev–Trinajstić information content (AvgIpc) is 1.65. The average molecular weight is 1370 g/mol. The molecule has 23 nitrogen and oxygen atoms in total. The molecule has 1 unspecified atom stereocenters. The molecule has 7 aromatic heterocycles. The molecule has 9 heterocycles. The number of methoxy groups -OCH3 is 1. The van der Waals surface area contributed by atoms with Gasteiger partial charge in [0.15, 0.2) is 46.7 Å². The Labute approximate surface area is 534 Å². The predicted octanol–water partition coefficient (Wildman–Crippen LogP) is 10.7. The first-order valence-corrected chi connectivity index (χ1v) is 29.5. The van der Waals surface area contributed by atoms with Gasteiger partial charge >= 0.3 is 24.3 Å². The molecule has 3 N–H and O–H groups in total. The van der Waals surface area contributed by atoms with Crippen LogP contribution in [-0.4, -0.2) is 139 Å². The molecule has 2 aromatic carbocycles. The number of carboxylic acids is 1. The molecule has 2 saturated heterocycles. The molecular weight excluding hydrogens is 1320 g/mol. The van der Waals surface area contributed by atoms with Crippen molar-refractivity contribution in [3.05, 3.63) is 158 Å². The number of benzene rings is 2. The van der Waals surface area contributed by atoms with E-state index in [-0.39, 0.29) is 33.6 Å². The molecule has 0 saturated carbocycles. The third-order valence-corrected chi connectivity index (χ3v) is 15.3. The number of carbonyl (C=O) groups is 5. The van der Waals surface area contributed by atoms with Crippen molar-refractivity contribution in [2.45, 2.75) is 77.4 Å². The van der Waals surface area contributed by atoms with Crippen molar-refractivity contribution in [3.8, 4) is 5.75 Å². The number of nitrogen functional groups attached to an aromatic ring is 1. The van der Waals surface area contributed by atoms with Gasteiger partial charge in [-0.2, -0.15) is 0 Å². The van der Waals surface area contributed by atoms with E-state index < -0.39 is 29.1 Å². The monoisotopic (exact) mass is 1370 g/mol. The highest BCUT2D eigenvalue weighted by atomic mass is 79.9. The second kappa shape index (κ2) is 30.2. The van der Waals surface area contributed by atoms with Crippen LogP contribution in [0.5, 0.6) is 5.75 Å². The number of anilines is 3. The molecule has 9 aromatic rings. The van der Waals surface area contributed by atoms with Gasteiger partial charge in [-0.05, 0) is 67.6 Å². The van der Waals surface area contributed by atoms with Crippen LogP contribution in [0.25, 0.3) is 16.9 Å². The number of rotatable bonds is 15. The molecule has 89 heavy (non-hydrogen) atoms. The Morgan fingerprint density at radius 1 is 0.674 bits per heavy atom. The normalized spacial score (nSPS) is 13.2. The minimum Gasteiger partial charge on any atom is -0.477 e. The van der Waals surface area contributed by atoms with E-state index in [9.17, 15) is 37.1 Å². The summed E-state index contributed by atoms with van der Waals surface area (Å²) in [5.74, 6) is -2.08. The fraction of sp³-hybridized carbons (Fsp3) is 0.310. The molecule has 468 valence electrons. The number of esters is 1. The number of Topliss-reactive ketones (excluding diaryl/α,β-unsaturated/α-hetero) is 2. The second-order valence-corrected chi connectivity index (χ2v) is 22.1. The van der Waals surface area contributed by atoms with Crippen LogP contribution >= 0.6 is 62.3 Å². The van der Waals surface area contributed by atoms with E-state index in [1.54, 1.807) is 46.4 Å². The summed E-state index contributed by atoms with van der Waals surface area (Å²) >= 11 is 25.8. The van der Waals surface area contributed by atoms with Crippen LogP contribution in [0, 0.1) is 5.41 Å². The summed E-state index contributed by atoms with van der Waals surface area (Å²) in [6, 6.07) is 14.4. The molecule has 1 atom stereocenters. The van der Waals surface area contributed by atoms with Crippen molar-refractivity contribution >= 4 is 133 Å². The number of ether oxygens (including phenoxy) is 2. The number of alkyl halides is 4. The zero-order valence-corrected chi connectivity index (χ0v) is 52.8. The Balaban J connectivity index is 0.000000188. The number of fused-ring (bicyclic) bond motifs is 3. The minimum atomic E-state index is -4.69. The Hall–Kier alpha value is -8.37. The van der Waals surface area contributed by atoms with Gasteiger partial charge < -0.3 is 30.1 Å². The molecule has 0 amide bonds. The van der Waals surface area contributed by atoms with E-state index in [0.717, 1.165) is 48.8 Å². The maximum absolute atomic E-state index is 13.1. The number of carboxylic acid groups (broad SMARTS) is 1. The number of hydrogen-bond acceptors (Lipinski definition) is 18. The highest BCUT2D eigenvalue weighted by Gasteiger charge is 2.52. The highest BCUT2D eigenvalue weighted by Crippen LogP contribution is 2.44. The largest absolute Gasteiger partial charge is 0.600 e. The molecule has 2 aliphatic rings. The van der Waals surface area contributed by atoms with Crippen LogP contribution in [0.3, 0.4) is 0 Å². The van der Waals surface area contributed by atoms with Gasteiger partial charge in [-0.25, -0.2) is 49.5 Å². The zero-order valence-electron chi connectivity index (χ0n) is 48.2. The van der Waals surface area contributed by atoms with Gasteiger partial charge in [0.25, 0.3) is 0 Å². The first kappa shape index (κ1) is 68.1. The molecule has 0 radical (unpaired) electrons. The van der Waals surface area contributed by atoms with Crippen molar-refractivity contribution < 1.29 is 56.1 Å². The summed E-state index contributed by atoms with van der Waals surface area (Å²) in [6.07, 6.45) is 10.5. The fourth-order valence-electron chi connectivity index (χ4n) is 9.42. The van der Waals surface area contributed by atoms with E-state index in [2.05, 4.69) is 106 Å². The molecule has 31 heteroatoms. The maximum atomic E-state index is 13.1. The number of aromatic carboxylic acids is 1.